The van der Waals surface area contributed by atoms with Crippen molar-refractivity contribution in [3.05, 3.63) is 24.3 Å². The Bertz CT molecular complexity index is 1860. The van der Waals surface area contributed by atoms with Crippen LogP contribution in [0.1, 0.15) is 45.4 Å². The predicted octanol–water partition coefficient (Wildman–Crippen LogP) is -5.99. The van der Waals surface area contributed by atoms with Gasteiger partial charge in [-0.05, 0) is 37.5 Å². The predicted molar refractivity (Wildman–Crippen MR) is 248 cm³/mol. The molecule has 1 unspecified atom stereocenters. The van der Waals surface area contributed by atoms with E-state index < -0.39 is 167 Å². The largest absolute Gasteiger partial charge is 0.477 e. The van der Waals surface area contributed by atoms with Gasteiger partial charge in [0.1, 0.15) is 85.5 Å². The van der Waals surface area contributed by atoms with Crippen molar-refractivity contribution < 1.29 is 119 Å². The maximum Gasteiger partial charge on any atom is 0.364 e. The maximum absolute atomic E-state index is 12.8. The molecule has 1 aromatic rings. The number of aliphatic hydroxyl groups is 14. The highest BCUT2D eigenvalue weighted by Crippen LogP contribution is 2.41. The van der Waals surface area contributed by atoms with Gasteiger partial charge in [0, 0.05) is 48.7 Å². The van der Waals surface area contributed by atoms with E-state index in [2.05, 4.69) is 16.0 Å². The van der Waals surface area contributed by atoms with Gasteiger partial charge in [0.15, 0.2) is 12.6 Å². The number of benzene rings is 1. The molecule has 27 nitrogen and oxygen atoms in total. The number of carbonyl (C=O) groups excluding carboxylic acids is 2. The third-order valence-corrected chi connectivity index (χ3v) is 15.6. The number of anilines is 2. The molecule has 5 rings (SSSR count). The first kappa shape index (κ1) is 60.2. The lowest BCUT2D eigenvalue weighted by atomic mass is 9.88. The lowest BCUT2D eigenvalue weighted by molar-refractivity contribution is -0.386. The number of unbranched alkanes of at least 4 members (excludes halogenated alkanes) is 1. The van der Waals surface area contributed by atoms with Crippen LogP contribution in [0.4, 0.5) is 11.4 Å². The molecule has 72 heavy (non-hydrogen) atoms. The molecule has 0 aromatic heterocycles. The third-order valence-electron chi connectivity index (χ3n) is 12.6. The highest BCUT2D eigenvalue weighted by Gasteiger charge is 2.60. The second-order valence-electron chi connectivity index (χ2n) is 18.0. The zero-order valence-electron chi connectivity index (χ0n) is 39.0. The first-order valence-corrected chi connectivity index (χ1v) is 25.7. The molecule has 4 fully saturated rings. The Morgan fingerprint density at radius 2 is 1.51 bits per heavy atom. The number of aliphatic carboxylic acids is 1. The minimum absolute atomic E-state index is 0.157. The summed E-state index contributed by atoms with van der Waals surface area (Å²) in [5.41, 5.74) is 0.939. The molecule has 4 saturated heterocycles. The fourth-order valence-corrected chi connectivity index (χ4v) is 11.6. The lowest BCUT2D eigenvalue weighted by Gasteiger charge is -2.50. The Labute approximate surface area is 420 Å². The van der Waals surface area contributed by atoms with Crippen LogP contribution >= 0.6 is 21.6 Å². The van der Waals surface area contributed by atoms with Crippen molar-refractivity contribution in [3.8, 4) is 0 Å². The van der Waals surface area contributed by atoms with Crippen molar-refractivity contribution >= 4 is 50.7 Å². The van der Waals surface area contributed by atoms with Crippen molar-refractivity contribution in [2.24, 2.45) is 0 Å². The summed E-state index contributed by atoms with van der Waals surface area (Å²) in [6.07, 6.45) is -32.8. The van der Waals surface area contributed by atoms with Gasteiger partial charge >= 0.3 is 5.97 Å². The van der Waals surface area contributed by atoms with E-state index in [1.54, 1.807) is 24.3 Å². The molecule has 1 aromatic carbocycles. The maximum atomic E-state index is 12.8. The Balaban J connectivity index is 1.15. The number of carbonyl (C=O) groups is 3. The van der Waals surface area contributed by atoms with Gasteiger partial charge in [0.25, 0.3) is 5.79 Å². The van der Waals surface area contributed by atoms with Crippen molar-refractivity contribution in [1.82, 2.24) is 5.32 Å². The van der Waals surface area contributed by atoms with E-state index in [0.29, 0.717) is 23.0 Å². The standard InChI is InChI=1S/C43H69N3O24S2/c1-18(50)45-29-22(51)12-43(42(63)64,69-38(29)32(58)24(53)14-47)70-39-33(59)26(15-48)66-41(36(39)62)68-37-27(16-49)67-40(35(61)34(37)60)65-17-25(54)31(57)30(56)23(52)13-44-19-5-4-6-20(11-19)46-28(55)8-3-2-7-21-9-10-71-72-21/h4-6,11,21-27,29-41,44,47-49,51-54,56-62H,2-3,7-10,12-17H2,1H3,(H,45,50)(H,46,55)(H,63,64)/t21?,22-,23-,24+,25+,26+,27+,29+,30+,31+,32+,33-,34+,35+,36+,37+,38+,39-,40+,41-,43-/m0/s1. The van der Waals surface area contributed by atoms with E-state index in [0.717, 1.165) is 31.9 Å². The number of carboxylic acid groups (broad SMARTS) is 1. The van der Waals surface area contributed by atoms with Crippen molar-refractivity contribution in [3.63, 3.8) is 0 Å². The first-order chi connectivity index (χ1) is 34.1. The van der Waals surface area contributed by atoms with E-state index in [1.807, 2.05) is 21.6 Å². The first-order valence-electron chi connectivity index (χ1n) is 23.3. The van der Waals surface area contributed by atoms with Gasteiger partial charge in [-0.15, -0.1) is 0 Å². The summed E-state index contributed by atoms with van der Waals surface area (Å²) in [5.74, 6) is -4.94. The number of ether oxygens (including phenoxy) is 6. The average molecular weight is 1080 g/mol. The molecule has 4 aliphatic heterocycles. The van der Waals surface area contributed by atoms with Crippen molar-refractivity contribution in [1.29, 1.82) is 0 Å². The number of carboxylic acids is 1. The molecule has 412 valence electrons. The molecular formula is C43H69N3O24S2. The minimum atomic E-state index is -3.12. The second-order valence-corrected chi connectivity index (χ2v) is 20.8. The van der Waals surface area contributed by atoms with E-state index in [4.69, 9.17) is 28.4 Å². The minimum Gasteiger partial charge on any atom is -0.477 e. The number of hydrogen-bond donors (Lipinski definition) is 18. The molecule has 0 aliphatic carbocycles. The molecule has 0 spiro atoms. The molecule has 29 heteroatoms. The Morgan fingerprint density at radius 1 is 0.833 bits per heavy atom. The van der Waals surface area contributed by atoms with Gasteiger partial charge in [0.2, 0.25) is 11.8 Å². The third kappa shape index (κ3) is 15.5. The number of aliphatic hydroxyl groups excluding tert-OH is 14. The molecule has 18 N–H and O–H groups in total. The SMILES string of the molecule is CC(=O)N[C@H]1[C@H]([C@H](O)[C@H](O)CO)O[C@@](O[C@H]2[C@@H](O)[C@@H](CO)O[C@@H](O[C@H]3[C@H](O)[C@@H](O)[C@H](OC[C@@H](O)[C@@H](O)[C@H](O)[C@@H](O)CNc4cccc(NC(=O)CCCCC5CCSS5)c4)O[C@@H]3CO)[C@@H]2O)(C(=O)O)C[C@@H]1O. The zero-order chi connectivity index (χ0) is 53.0. The second kappa shape index (κ2) is 27.9. The highest BCUT2D eigenvalue weighted by atomic mass is 33.1. The van der Waals surface area contributed by atoms with Gasteiger partial charge < -0.3 is 121 Å². The molecule has 21 atom stereocenters. The fourth-order valence-electron chi connectivity index (χ4n) is 8.53. The fraction of sp³-hybridized carbons (Fsp3) is 0.791. The van der Waals surface area contributed by atoms with E-state index in [9.17, 15) is 91.0 Å². The smallest absolute Gasteiger partial charge is 0.364 e. The summed E-state index contributed by atoms with van der Waals surface area (Å²) in [6.45, 7) is -3.37. The summed E-state index contributed by atoms with van der Waals surface area (Å²) in [5, 5.41) is 168. The van der Waals surface area contributed by atoms with Crippen molar-refractivity contribution in [2.75, 3.05) is 49.4 Å². The van der Waals surface area contributed by atoms with Crippen LogP contribution in [0.5, 0.6) is 0 Å². The Hall–Kier alpha value is -2.67. The number of nitrogens with one attached hydrogen (secondary N) is 3. The molecule has 0 radical (unpaired) electrons. The van der Waals surface area contributed by atoms with Gasteiger partial charge in [-0.25, -0.2) is 4.79 Å². The molecule has 0 bridgehead atoms. The van der Waals surface area contributed by atoms with E-state index in [-0.39, 0.29) is 12.5 Å². The summed E-state index contributed by atoms with van der Waals surface area (Å²) in [6, 6.07) is 4.97. The number of amides is 2. The van der Waals surface area contributed by atoms with Crippen LogP contribution in [-0.2, 0) is 42.8 Å². The monoisotopic (exact) mass is 1080 g/mol. The zero-order valence-corrected chi connectivity index (χ0v) is 40.7. The van der Waals surface area contributed by atoms with E-state index >= 15 is 0 Å². The number of hydrogen-bond acceptors (Lipinski definition) is 26. The van der Waals surface area contributed by atoms with Gasteiger partial charge in [-0.1, -0.05) is 34.1 Å². The molecule has 0 saturated carbocycles. The quantitative estimate of drug-likeness (QED) is 0.0303. The Morgan fingerprint density at radius 3 is 2.15 bits per heavy atom. The van der Waals surface area contributed by atoms with E-state index in [1.165, 1.54) is 6.42 Å². The van der Waals surface area contributed by atoms with Crippen molar-refractivity contribution in [2.45, 2.75) is 173 Å². The van der Waals surface area contributed by atoms with Crippen LogP contribution in [0.15, 0.2) is 24.3 Å². The van der Waals surface area contributed by atoms with Crippen LogP contribution in [0.2, 0.25) is 0 Å². The summed E-state index contributed by atoms with van der Waals surface area (Å²) >= 11 is 0. The Kier molecular flexibility index (Phi) is 23.3. The lowest BCUT2D eigenvalue weighted by Crippen LogP contribution is -2.70. The average Bonchev–Trinajstić information content (AvgIpc) is 3.88. The van der Waals surface area contributed by atoms with Crippen LogP contribution in [0.3, 0.4) is 0 Å². The van der Waals surface area contributed by atoms with Gasteiger partial charge in [0.05, 0.1) is 44.7 Å². The molecule has 4 heterocycles. The molecule has 2 amide bonds. The van der Waals surface area contributed by atoms with Gasteiger partial charge in [-0.2, -0.15) is 0 Å². The van der Waals surface area contributed by atoms with Crippen LogP contribution in [0.25, 0.3) is 0 Å². The van der Waals surface area contributed by atoms with Gasteiger partial charge in [-0.3, -0.25) is 9.59 Å². The van der Waals surface area contributed by atoms with Crippen LogP contribution in [-0.4, -0.2) is 260 Å². The topological polar surface area (TPSA) is 446 Å². The normalized spacial score (nSPS) is 35.6. The molecule has 4 aliphatic rings. The van der Waals surface area contributed by atoms with Crippen LogP contribution in [0, 0.1) is 0 Å². The summed E-state index contributed by atoms with van der Waals surface area (Å²) < 4.78 is 33.3. The summed E-state index contributed by atoms with van der Waals surface area (Å²) in [7, 11) is 3.77. The van der Waals surface area contributed by atoms with Crippen LogP contribution < -0.4 is 16.0 Å². The summed E-state index contributed by atoms with van der Waals surface area (Å²) in [4.78, 5) is 37.3. The molecular weight excluding hydrogens is 1010 g/mol. The number of rotatable bonds is 26. The highest BCUT2D eigenvalue weighted by molar-refractivity contribution is 8.77.